The number of piperidine rings is 1. The largest absolute Gasteiger partial charge is 0.381 e. The lowest BCUT2D eigenvalue weighted by Crippen LogP contribution is -2.55. The third-order valence-electron chi connectivity index (χ3n) is 5.23. The highest BCUT2D eigenvalue weighted by atomic mass is 35.5. The van der Waals surface area contributed by atoms with E-state index in [0.29, 0.717) is 6.42 Å². The monoisotopic (exact) mass is 369 g/mol. The minimum Gasteiger partial charge on any atom is -0.381 e. The average Bonchev–Trinajstić information content (AvgIpc) is 2.52. The zero-order valence-corrected chi connectivity index (χ0v) is 16.1. The maximum Gasteiger partial charge on any atom is 0.220 e. The molecule has 1 amide bonds. The van der Waals surface area contributed by atoms with E-state index < -0.39 is 0 Å². The van der Waals surface area contributed by atoms with Gasteiger partial charge in [-0.15, -0.1) is 24.8 Å². The molecule has 138 valence electrons. The molecule has 0 radical (unpaired) electrons. The number of amides is 1. The first-order valence-corrected chi connectivity index (χ1v) is 8.35. The first kappa shape index (κ1) is 22.9. The van der Waals surface area contributed by atoms with E-state index >= 15 is 0 Å². The molecule has 2 saturated heterocycles. The van der Waals surface area contributed by atoms with Crippen LogP contribution in [-0.4, -0.2) is 63.3 Å². The fraction of sp³-hybridized carbons (Fsp3) is 0.938. The van der Waals surface area contributed by atoms with Crippen LogP contribution in [0.2, 0.25) is 0 Å². The van der Waals surface area contributed by atoms with Gasteiger partial charge in [-0.1, -0.05) is 0 Å². The summed E-state index contributed by atoms with van der Waals surface area (Å²) in [6, 6.07) is 0. The summed E-state index contributed by atoms with van der Waals surface area (Å²) in [5.41, 5.74) is 0.0721. The van der Waals surface area contributed by atoms with E-state index in [-0.39, 0.29) is 36.3 Å². The van der Waals surface area contributed by atoms with Crippen molar-refractivity contribution in [3.63, 3.8) is 0 Å². The van der Waals surface area contributed by atoms with Crippen LogP contribution in [0.25, 0.3) is 0 Å². The van der Waals surface area contributed by atoms with Gasteiger partial charge in [0.05, 0.1) is 0 Å². The number of nitrogens with one attached hydrogen (secondary N) is 2. The Morgan fingerprint density at radius 3 is 2.39 bits per heavy atom. The molecule has 2 aliphatic rings. The van der Waals surface area contributed by atoms with Gasteiger partial charge in [0.1, 0.15) is 0 Å². The van der Waals surface area contributed by atoms with Gasteiger partial charge in [0, 0.05) is 31.7 Å². The van der Waals surface area contributed by atoms with E-state index in [1.54, 1.807) is 0 Å². The number of carbonyl (C=O) groups excluding carboxylic acids is 1. The summed E-state index contributed by atoms with van der Waals surface area (Å²) < 4.78 is 5.46. The molecule has 0 unspecified atom stereocenters. The first-order valence-electron chi connectivity index (χ1n) is 8.35. The minimum absolute atomic E-state index is 0. The van der Waals surface area contributed by atoms with Crippen LogP contribution < -0.4 is 10.6 Å². The van der Waals surface area contributed by atoms with Crippen molar-refractivity contribution in [1.29, 1.82) is 0 Å². The predicted octanol–water partition coefficient (Wildman–Crippen LogP) is 1.84. The molecule has 2 fully saturated rings. The van der Waals surface area contributed by atoms with Gasteiger partial charge in [-0.25, -0.2) is 0 Å². The Kier molecular flexibility index (Phi) is 11.4. The van der Waals surface area contributed by atoms with Crippen LogP contribution in [0.3, 0.4) is 0 Å². The number of rotatable bonds is 6. The van der Waals surface area contributed by atoms with Gasteiger partial charge in [-0.2, -0.15) is 0 Å². The van der Waals surface area contributed by atoms with E-state index in [0.717, 1.165) is 58.0 Å². The molecule has 0 aromatic rings. The fourth-order valence-electron chi connectivity index (χ4n) is 3.39. The third kappa shape index (κ3) is 7.14. The van der Waals surface area contributed by atoms with Crippen molar-refractivity contribution in [1.82, 2.24) is 15.5 Å². The van der Waals surface area contributed by atoms with Crippen molar-refractivity contribution < 1.29 is 9.53 Å². The second kappa shape index (κ2) is 11.5. The van der Waals surface area contributed by atoms with Crippen molar-refractivity contribution in [2.75, 3.05) is 46.9 Å². The lowest BCUT2D eigenvalue weighted by atomic mass is 9.88. The number of carbonyl (C=O) groups is 1. The molecule has 2 aliphatic heterocycles. The Morgan fingerprint density at radius 1 is 1.22 bits per heavy atom. The molecule has 5 nitrogen and oxygen atoms in total. The number of ether oxygens (including phenoxy) is 1. The Morgan fingerprint density at radius 2 is 1.83 bits per heavy atom. The standard InChI is InChI=1S/C16H31N3O2.2ClH/c1-19(2)16(7-11-21-12-8-16)13-18-15(20)4-3-14-5-9-17-10-6-14;;/h14,17H,3-13H2,1-2H3,(H,18,20);2*1H. The van der Waals surface area contributed by atoms with Gasteiger partial charge in [0.2, 0.25) is 5.91 Å². The van der Waals surface area contributed by atoms with E-state index in [9.17, 15) is 4.79 Å². The second-order valence-corrected chi connectivity index (χ2v) is 6.74. The van der Waals surface area contributed by atoms with Crippen LogP contribution in [0.4, 0.5) is 0 Å². The van der Waals surface area contributed by atoms with E-state index in [2.05, 4.69) is 29.6 Å². The van der Waals surface area contributed by atoms with Gasteiger partial charge < -0.3 is 20.3 Å². The van der Waals surface area contributed by atoms with Gasteiger partial charge in [-0.3, -0.25) is 4.79 Å². The van der Waals surface area contributed by atoms with Crippen molar-refractivity contribution in [3.8, 4) is 0 Å². The number of likely N-dealkylation sites (N-methyl/N-ethyl adjacent to an activating group) is 1. The summed E-state index contributed by atoms with van der Waals surface area (Å²) >= 11 is 0. The number of hydrogen-bond acceptors (Lipinski definition) is 4. The molecular formula is C16H33Cl2N3O2. The Labute approximate surface area is 153 Å². The number of nitrogens with zero attached hydrogens (tertiary/aromatic N) is 1. The minimum atomic E-state index is 0. The predicted molar refractivity (Wildman–Crippen MR) is 98.8 cm³/mol. The number of hydrogen-bond donors (Lipinski definition) is 2. The molecule has 0 aromatic heterocycles. The topological polar surface area (TPSA) is 53.6 Å². The highest BCUT2D eigenvalue weighted by Crippen LogP contribution is 2.25. The van der Waals surface area contributed by atoms with Gasteiger partial charge in [0.15, 0.2) is 0 Å². The van der Waals surface area contributed by atoms with E-state index in [4.69, 9.17) is 4.74 Å². The van der Waals surface area contributed by atoms with Crippen LogP contribution in [-0.2, 0) is 9.53 Å². The van der Waals surface area contributed by atoms with Crippen molar-refractivity contribution >= 4 is 30.7 Å². The maximum absolute atomic E-state index is 12.1. The molecule has 2 heterocycles. The van der Waals surface area contributed by atoms with Crippen LogP contribution in [0, 0.1) is 5.92 Å². The molecule has 2 N–H and O–H groups in total. The summed E-state index contributed by atoms with van der Waals surface area (Å²) in [7, 11) is 4.21. The molecule has 0 aromatic carbocycles. The second-order valence-electron chi connectivity index (χ2n) is 6.74. The van der Waals surface area contributed by atoms with Crippen molar-refractivity contribution in [3.05, 3.63) is 0 Å². The fourth-order valence-corrected chi connectivity index (χ4v) is 3.39. The van der Waals surface area contributed by atoms with Crippen LogP contribution >= 0.6 is 24.8 Å². The number of halogens is 2. The van der Waals surface area contributed by atoms with Gasteiger partial charge in [-0.05, 0) is 65.2 Å². The summed E-state index contributed by atoms with van der Waals surface area (Å²) in [6.07, 6.45) is 6.12. The lowest BCUT2D eigenvalue weighted by molar-refractivity contribution is -0.122. The zero-order chi connectivity index (χ0) is 15.1. The van der Waals surface area contributed by atoms with Crippen molar-refractivity contribution in [2.24, 2.45) is 5.92 Å². The van der Waals surface area contributed by atoms with Gasteiger partial charge in [0.25, 0.3) is 0 Å². The average molecular weight is 370 g/mol. The molecule has 0 saturated carbocycles. The lowest BCUT2D eigenvalue weighted by Gasteiger charge is -2.42. The summed E-state index contributed by atoms with van der Waals surface area (Å²) in [5, 5.41) is 6.53. The summed E-state index contributed by atoms with van der Waals surface area (Å²) in [6.45, 7) is 4.55. The molecule has 0 bridgehead atoms. The molecule has 7 heteroatoms. The summed E-state index contributed by atoms with van der Waals surface area (Å²) in [5.74, 6) is 0.934. The van der Waals surface area contributed by atoms with Crippen LogP contribution in [0.15, 0.2) is 0 Å². The van der Waals surface area contributed by atoms with Gasteiger partial charge >= 0.3 is 0 Å². The normalized spacial score (nSPS) is 21.2. The third-order valence-corrected chi connectivity index (χ3v) is 5.23. The first-order chi connectivity index (χ1) is 10.1. The maximum atomic E-state index is 12.1. The molecule has 0 aliphatic carbocycles. The Hall–Kier alpha value is -0.0700. The molecule has 0 spiro atoms. The molecular weight excluding hydrogens is 337 g/mol. The smallest absolute Gasteiger partial charge is 0.220 e. The quantitative estimate of drug-likeness (QED) is 0.749. The molecule has 23 heavy (non-hydrogen) atoms. The zero-order valence-electron chi connectivity index (χ0n) is 14.4. The highest BCUT2D eigenvalue weighted by molar-refractivity contribution is 5.85. The summed E-state index contributed by atoms with van der Waals surface area (Å²) in [4.78, 5) is 14.4. The van der Waals surface area contributed by atoms with Crippen molar-refractivity contribution in [2.45, 2.75) is 44.1 Å². The molecule has 0 atom stereocenters. The molecule has 2 rings (SSSR count). The Balaban J connectivity index is 0.00000242. The van der Waals surface area contributed by atoms with E-state index in [1.807, 2.05) is 0 Å². The highest BCUT2D eigenvalue weighted by Gasteiger charge is 2.35. The van der Waals surface area contributed by atoms with Crippen LogP contribution in [0.1, 0.15) is 38.5 Å². The van der Waals surface area contributed by atoms with Crippen LogP contribution in [0.5, 0.6) is 0 Å². The van der Waals surface area contributed by atoms with E-state index in [1.165, 1.54) is 12.8 Å². The SMILES string of the molecule is CN(C)C1(CNC(=O)CCC2CCNCC2)CCOCC1.Cl.Cl. The Bertz CT molecular complexity index is 331.